The number of hydrogen-bond acceptors (Lipinski definition) is 6. The quantitative estimate of drug-likeness (QED) is 0.418. The monoisotopic (exact) mass is 539 g/mol. The summed E-state index contributed by atoms with van der Waals surface area (Å²) in [5.41, 5.74) is 3.21. The lowest BCUT2D eigenvalue weighted by Gasteiger charge is -2.33. The van der Waals surface area contributed by atoms with Crippen molar-refractivity contribution in [2.24, 2.45) is 0 Å². The van der Waals surface area contributed by atoms with E-state index in [0.717, 1.165) is 54.6 Å². The highest BCUT2D eigenvalue weighted by Crippen LogP contribution is 2.33. The Morgan fingerprint density at radius 3 is 2.51 bits per heavy atom. The molecule has 0 amide bonds. The highest BCUT2D eigenvalue weighted by atomic mass is 32.2. The highest BCUT2D eigenvalue weighted by Gasteiger charge is 2.26. The van der Waals surface area contributed by atoms with Gasteiger partial charge < -0.3 is 4.74 Å². The topological polar surface area (TPSA) is 79.8 Å². The molecule has 1 atom stereocenters. The van der Waals surface area contributed by atoms with Crippen molar-refractivity contribution in [3.63, 3.8) is 0 Å². The van der Waals surface area contributed by atoms with Crippen molar-refractivity contribution >= 4 is 52.7 Å². The van der Waals surface area contributed by atoms with Crippen molar-refractivity contribution in [2.45, 2.75) is 58.5 Å². The summed E-state index contributed by atoms with van der Waals surface area (Å²) >= 11 is 1.55. The van der Waals surface area contributed by atoms with E-state index < -0.39 is 19.7 Å². The standard InChI is InChI=1S/C25H37N3O4S3/c1-4-6-18-34(3,29)27-15-11-22(12-16-27)32-25-26-23-8-7-21(19-24(23)33-25)20-9-13-28(14-10-20)35(30,31)17-5-2/h7-9,19,22H,3-6,10-18H2,1-2H3. The molecule has 0 radical (unpaired) electrons. The van der Waals surface area contributed by atoms with Crippen molar-refractivity contribution in [1.82, 2.24) is 13.6 Å². The van der Waals surface area contributed by atoms with E-state index in [1.54, 1.807) is 15.6 Å². The van der Waals surface area contributed by atoms with Crippen LogP contribution in [0.25, 0.3) is 15.8 Å². The molecular weight excluding hydrogens is 502 g/mol. The lowest BCUT2D eigenvalue weighted by molar-refractivity contribution is 0.136. The van der Waals surface area contributed by atoms with E-state index >= 15 is 0 Å². The fraction of sp³-hybridized carbons (Fsp3) is 0.600. The molecule has 1 saturated heterocycles. The Morgan fingerprint density at radius 1 is 1.09 bits per heavy atom. The molecule has 35 heavy (non-hydrogen) atoms. The fourth-order valence-electron chi connectivity index (χ4n) is 4.63. The van der Waals surface area contributed by atoms with Crippen LogP contribution in [0.2, 0.25) is 0 Å². The van der Waals surface area contributed by atoms with Gasteiger partial charge in [-0.1, -0.05) is 43.7 Å². The first-order chi connectivity index (χ1) is 16.7. The van der Waals surface area contributed by atoms with Gasteiger partial charge in [0, 0.05) is 41.6 Å². The third-order valence-electron chi connectivity index (χ3n) is 6.72. The van der Waals surface area contributed by atoms with Crippen LogP contribution in [0.3, 0.4) is 0 Å². The van der Waals surface area contributed by atoms with Crippen LogP contribution >= 0.6 is 11.3 Å². The van der Waals surface area contributed by atoms with Gasteiger partial charge in [-0.3, -0.25) is 4.21 Å². The van der Waals surface area contributed by atoms with Crippen molar-refractivity contribution in [2.75, 3.05) is 37.7 Å². The minimum absolute atomic E-state index is 0.0739. The molecule has 7 nitrogen and oxygen atoms in total. The molecule has 3 heterocycles. The number of benzene rings is 1. The van der Waals surface area contributed by atoms with Crippen LogP contribution in [0, 0.1) is 0 Å². The lowest BCUT2D eigenvalue weighted by atomic mass is 10.0. The van der Waals surface area contributed by atoms with Gasteiger partial charge in [-0.05, 0) is 61.2 Å². The molecule has 10 heteroatoms. The maximum atomic E-state index is 12.9. The van der Waals surface area contributed by atoms with E-state index in [9.17, 15) is 12.6 Å². The molecule has 1 fully saturated rings. The number of unbranched alkanes of at least 4 members (excludes halogenated alkanes) is 1. The summed E-state index contributed by atoms with van der Waals surface area (Å²) in [7, 11) is -5.33. The molecule has 0 aliphatic carbocycles. The molecular formula is C25H37N3O4S3. The largest absolute Gasteiger partial charge is 0.467 e. The predicted octanol–water partition coefficient (Wildman–Crippen LogP) is 4.40. The van der Waals surface area contributed by atoms with Gasteiger partial charge in [0.15, 0.2) is 0 Å². The van der Waals surface area contributed by atoms with Crippen LogP contribution in [0.15, 0.2) is 24.3 Å². The molecule has 1 aromatic carbocycles. The van der Waals surface area contributed by atoms with Gasteiger partial charge in [0.25, 0.3) is 5.19 Å². The third-order valence-corrected chi connectivity index (χ3v) is 11.9. The number of aromatic nitrogens is 1. The van der Waals surface area contributed by atoms with E-state index in [1.165, 1.54) is 5.57 Å². The van der Waals surface area contributed by atoms with Crippen LogP contribution in [-0.4, -0.2) is 75.9 Å². The Labute approximate surface area is 214 Å². The Bertz CT molecular complexity index is 1260. The predicted molar refractivity (Wildman–Crippen MR) is 148 cm³/mol. The SMILES string of the molecule is C=S(=O)(CCCC)N1CCC(Oc2nc3ccc(C4=CCN(S(=O)(=O)CCC)CC4)cc3s2)CC1. The molecule has 1 aromatic heterocycles. The molecule has 0 spiro atoms. The number of fused-ring (bicyclic) bond motifs is 1. The first-order valence-corrected chi connectivity index (χ1v) is 16.8. The molecule has 194 valence electrons. The highest BCUT2D eigenvalue weighted by molar-refractivity contribution is 7.98. The normalized spacial score (nSPS) is 20.6. The Kier molecular flexibility index (Phi) is 8.58. The van der Waals surface area contributed by atoms with Gasteiger partial charge in [0.2, 0.25) is 10.0 Å². The number of nitrogens with zero attached hydrogens (tertiary/aromatic N) is 3. The zero-order valence-electron chi connectivity index (χ0n) is 20.8. The maximum Gasteiger partial charge on any atom is 0.274 e. The summed E-state index contributed by atoms with van der Waals surface area (Å²) in [5, 5.41) is 0.673. The molecule has 2 aromatic rings. The minimum Gasteiger partial charge on any atom is -0.467 e. The Hall–Kier alpha value is -1.46. The van der Waals surface area contributed by atoms with Crippen molar-refractivity contribution in [3.8, 4) is 5.19 Å². The average molecular weight is 540 g/mol. The van der Waals surface area contributed by atoms with Gasteiger partial charge >= 0.3 is 0 Å². The van der Waals surface area contributed by atoms with Crippen LogP contribution in [0.1, 0.15) is 57.9 Å². The first-order valence-electron chi connectivity index (χ1n) is 12.6. The van der Waals surface area contributed by atoms with Gasteiger partial charge in [-0.25, -0.2) is 17.7 Å². The van der Waals surface area contributed by atoms with E-state index in [0.29, 0.717) is 36.9 Å². The zero-order valence-corrected chi connectivity index (χ0v) is 23.2. The third kappa shape index (κ3) is 6.46. The fourth-order valence-corrected chi connectivity index (χ4v) is 8.87. The maximum absolute atomic E-state index is 12.9. The summed E-state index contributed by atoms with van der Waals surface area (Å²) in [6, 6.07) is 6.22. The summed E-state index contributed by atoms with van der Waals surface area (Å²) < 4.78 is 48.4. The molecule has 0 saturated carbocycles. The van der Waals surface area contributed by atoms with E-state index in [-0.39, 0.29) is 11.9 Å². The molecule has 2 aliphatic rings. The number of thiazole rings is 1. The number of rotatable bonds is 10. The Balaban J connectivity index is 1.37. The van der Waals surface area contributed by atoms with Gasteiger partial charge in [0.05, 0.1) is 16.0 Å². The first kappa shape index (κ1) is 26.6. The van der Waals surface area contributed by atoms with E-state index in [2.05, 4.69) is 29.9 Å². The van der Waals surface area contributed by atoms with Gasteiger partial charge in [-0.15, -0.1) is 0 Å². The molecule has 0 bridgehead atoms. The smallest absolute Gasteiger partial charge is 0.274 e. The van der Waals surface area contributed by atoms with Crippen LogP contribution < -0.4 is 4.74 Å². The number of hydrogen-bond donors (Lipinski definition) is 0. The van der Waals surface area contributed by atoms with E-state index in [4.69, 9.17) is 4.74 Å². The summed E-state index contributed by atoms with van der Waals surface area (Å²) in [5.74, 6) is 4.88. The second kappa shape index (κ2) is 11.3. The summed E-state index contributed by atoms with van der Waals surface area (Å²) in [6.07, 6.45) is 7.07. The second-order valence-electron chi connectivity index (χ2n) is 9.39. The molecule has 0 N–H and O–H groups in total. The zero-order chi connectivity index (χ0) is 25.1. The van der Waals surface area contributed by atoms with Gasteiger partial charge in [0.1, 0.15) is 6.10 Å². The van der Waals surface area contributed by atoms with Crippen LogP contribution in [-0.2, 0) is 19.7 Å². The lowest BCUT2D eigenvalue weighted by Crippen LogP contribution is -2.42. The minimum atomic E-state index is -3.16. The van der Waals surface area contributed by atoms with Crippen molar-refractivity contribution < 1.29 is 17.4 Å². The van der Waals surface area contributed by atoms with Gasteiger partial charge in [-0.2, -0.15) is 4.31 Å². The van der Waals surface area contributed by atoms with Crippen LogP contribution in [0.4, 0.5) is 0 Å². The average Bonchev–Trinajstić information content (AvgIpc) is 3.24. The van der Waals surface area contributed by atoms with Crippen LogP contribution in [0.5, 0.6) is 5.19 Å². The molecule has 2 aliphatic heterocycles. The summed E-state index contributed by atoms with van der Waals surface area (Å²) in [6.45, 7) is 6.44. The van der Waals surface area contributed by atoms with Crippen molar-refractivity contribution in [1.29, 1.82) is 0 Å². The van der Waals surface area contributed by atoms with Crippen molar-refractivity contribution in [3.05, 3.63) is 29.8 Å². The second-order valence-corrected chi connectivity index (χ2v) is 14.9. The number of ether oxygens (including phenoxy) is 1. The number of sulfonamides is 1. The summed E-state index contributed by atoms with van der Waals surface area (Å²) in [4.78, 5) is 4.67. The molecule has 4 rings (SSSR count). The Morgan fingerprint density at radius 2 is 1.86 bits per heavy atom. The van der Waals surface area contributed by atoms with E-state index in [1.807, 2.05) is 23.4 Å². The number of piperidine rings is 1. The molecule has 1 unspecified atom stereocenters.